The maximum absolute atomic E-state index is 12.7. The molecule has 0 saturated heterocycles. The average molecular weight is 440 g/mol. The third-order valence-corrected chi connectivity index (χ3v) is 9.05. The minimum atomic E-state index is -0.136. The number of nitrogens with zero attached hydrogens (tertiary/aromatic N) is 1. The summed E-state index contributed by atoms with van der Waals surface area (Å²) in [5.41, 5.74) is 6.66. The second-order valence-corrected chi connectivity index (χ2v) is 10.4. The van der Waals surface area contributed by atoms with Gasteiger partial charge in [-0.25, -0.2) is 0 Å². The number of Topliss-reactive ketones (excluding diaryl/α,β-unsaturated/α-hetero) is 1. The van der Waals surface area contributed by atoms with E-state index in [9.17, 15) is 9.59 Å². The van der Waals surface area contributed by atoms with Gasteiger partial charge in [-0.2, -0.15) is 0 Å². The van der Waals surface area contributed by atoms with Crippen molar-refractivity contribution in [2.75, 3.05) is 13.2 Å². The molecule has 7 heteroatoms. The van der Waals surface area contributed by atoms with Gasteiger partial charge in [-0.1, -0.05) is 19.0 Å². The van der Waals surface area contributed by atoms with E-state index in [2.05, 4.69) is 24.3 Å². The molecule has 4 rings (SSSR count). The van der Waals surface area contributed by atoms with Crippen molar-refractivity contribution in [3.05, 3.63) is 0 Å². The van der Waals surface area contributed by atoms with Gasteiger partial charge in [0.05, 0.1) is 5.71 Å². The van der Waals surface area contributed by atoms with E-state index in [4.69, 9.17) is 10.6 Å². The minimum Gasteiger partial charge on any atom is -0.395 e. The van der Waals surface area contributed by atoms with Gasteiger partial charge in [0.15, 0.2) is 0 Å². The van der Waals surface area contributed by atoms with Gasteiger partial charge in [-0.15, -0.1) is 12.4 Å². The molecule has 0 aromatic rings. The van der Waals surface area contributed by atoms with E-state index >= 15 is 0 Å². The number of nitrogens with two attached hydrogens (primary N) is 1. The number of fused-ring (bicyclic) bond motifs is 5. The summed E-state index contributed by atoms with van der Waals surface area (Å²) in [5.74, 6) is 2.53. The summed E-state index contributed by atoms with van der Waals surface area (Å²) in [6, 6.07) is 0.150. The van der Waals surface area contributed by atoms with Gasteiger partial charge in [0.2, 0.25) is 5.91 Å². The maximum atomic E-state index is 12.7. The van der Waals surface area contributed by atoms with Crippen LogP contribution < -0.4 is 11.1 Å². The van der Waals surface area contributed by atoms with E-state index in [1.54, 1.807) is 6.92 Å². The Balaban J connectivity index is 0.00000256. The van der Waals surface area contributed by atoms with E-state index in [1.807, 2.05) is 0 Å². The van der Waals surface area contributed by atoms with Gasteiger partial charge in [-0.05, 0) is 74.0 Å². The van der Waals surface area contributed by atoms with Crippen LogP contribution in [-0.4, -0.2) is 36.6 Å². The lowest BCUT2D eigenvalue weighted by molar-refractivity contribution is -0.141. The van der Waals surface area contributed by atoms with E-state index in [0.29, 0.717) is 42.6 Å². The first-order chi connectivity index (χ1) is 13.8. The minimum absolute atomic E-state index is 0. The van der Waals surface area contributed by atoms with Crippen molar-refractivity contribution in [1.29, 1.82) is 0 Å². The number of nitrogens with one attached hydrogen (secondary N) is 1. The predicted octanol–water partition coefficient (Wildman–Crippen LogP) is 3.47. The van der Waals surface area contributed by atoms with Crippen LogP contribution in [0.3, 0.4) is 0 Å². The van der Waals surface area contributed by atoms with Crippen molar-refractivity contribution in [3.8, 4) is 0 Å². The van der Waals surface area contributed by atoms with Gasteiger partial charge in [0.25, 0.3) is 0 Å². The largest absolute Gasteiger partial charge is 0.395 e. The van der Waals surface area contributed by atoms with Gasteiger partial charge in [0, 0.05) is 31.3 Å². The first-order valence-corrected chi connectivity index (χ1v) is 11.5. The van der Waals surface area contributed by atoms with E-state index < -0.39 is 0 Å². The molecule has 0 aromatic heterocycles. The van der Waals surface area contributed by atoms with E-state index in [-0.39, 0.29) is 35.2 Å². The molecule has 4 aliphatic carbocycles. The number of hydrogen-bond donors (Lipinski definition) is 2. The zero-order valence-electron chi connectivity index (χ0n) is 18.6. The van der Waals surface area contributed by atoms with Crippen LogP contribution in [0.15, 0.2) is 5.16 Å². The summed E-state index contributed by atoms with van der Waals surface area (Å²) in [7, 11) is 0. The summed E-state index contributed by atoms with van der Waals surface area (Å²) in [4.78, 5) is 30.1. The number of oxime groups is 1. The number of carbonyl (C=O) groups is 2. The molecule has 0 aliphatic heterocycles. The molecule has 0 spiro atoms. The molecule has 4 saturated carbocycles. The molecular formula is C23H38ClN3O3. The molecule has 30 heavy (non-hydrogen) atoms. The highest BCUT2D eigenvalue weighted by molar-refractivity contribution is 5.87. The van der Waals surface area contributed by atoms with Crippen LogP contribution in [0.5, 0.6) is 0 Å². The fraction of sp³-hybridized carbons (Fsp3) is 0.870. The number of halogens is 1. The molecule has 1 unspecified atom stereocenters. The molecule has 0 aromatic carbocycles. The van der Waals surface area contributed by atoms with Crippen LogP contribution in [0.2, 0.25) is 0 Å². The zero-order chi connectivity index (χ0) is 20.8. The fourth-order valence-electron chi connectivity index (χ4n) is 7.61. The molecule has 0 radical (unpaired) electrons. The van der Waals surface area contributed by atoms with Crippen LogP contribution in [0.4, 0.5) is 0 Å². The first kappa shape index (κ1) is 23.5. The molecule has 0 bridgehead atoms. The Bertz CT molecular complexity index is 714. The Labute approximate surface area is 186 Å². The highest BCUT2D eigenvalue weighted by Crippen LogP contribution is 2.65. The van der Waals surface area contributed by atoms with Crippen LogP contribution in [0.1, 0.15) is 72.1 Å². The number of rotatable bonds is 4. The summed E-state index contributed by atoms with van der Waals surface area (Å²) < 4.78 is 0. The Kier molecular flexibility index (Phi) is 6.88. The summed E-state index contributed by atoms with van der Waals surface area (Å²) in [6.45, 7) is 7.19. The average Bonchev–Trinajstić information content (AvgIpc) is 2.97. The highest BCUT2D eigenvalue weighted by Gasteiger charge is 2.62. The fourth-order valence-corrected chi connectivity index (χ4v) is 7.61. The number of amides is 1. The molecule has 4 aliphatic rings. The van der Waals surface area contributed by atoms with Crippen LogP contribution in [0, 0.1) is 34.5 Å². The van der Waals surface area contributed by atoms with Crippen molar-refractivity contribution < 1.29 is 14.4 Å². The summed E-state index contributed by atoms with van der Waals surface area (Å²) >= 11 is 0. The third-order valence-electron chi connectivity index (χ3n) is 9.05. The zero-order valence-corrected chi connectivity index (χ0v) is 19.4. The predicted molar refractivity (Wildman–Crippen MR) is 119 cm³/mol. The second-order valence-electron chi connectivity index (χ2n) is 10.4. The Morgan fingerprint density at radius 3 is 2.67 bits per heavy atom. The Morgan fingerprint density at radius 1 is 1.20 bits per heavy atom. The Hall–Kier alpha value is -1.14. The normalized spacial score (nSPS) is 43.8. The summed E-state index contributed by atoms with van der Waals surface area (Å²) in [6.07, 6.45) is 7.86. The maximum Gasteiger partial charge on any atom is 0.217 e. The molecular weight excluding hydrogens is 402 g/mol. The topological polar surface area (TPSA) is 93.8 Å². The summed E-state index contributed by atoms with van der Waals surface area (Å²) in [5, 5.41) is 7.66. The molecule has 6 nitrogen and oxygen atoms in total. The molecule has 3 N–H and O–H groups in total. The van der Waals surface area contributed by atoms with Crippen LogP contribution in [-0.2, 0) is 14.4 Å². The van der Waals surface area contributed by atoms with Crippen LogP contribution >= 0.6 is 12.4 Å². The third kappa shape index (κ3) is 3.79. The number of ketones is 1. The lowest BCUT2D eigenvalue weighted by Gasteiger charge is -2.61. The van der Waals surface area contributed by atoms with Crippen LogP contribution in [0.25, 0.3) is 0 Å². The number of hydrogen-bond acceptors (Lipinski definition) is 5. The second kappa shape index (κ2) is 8.78. The quantitative estimate of drug-likeness (QED) is 0.518. The van der Waals surface area contributed by atoms with Crippen molar-refractivity contribution in [2.24, 2.45) is 45.4 Å². The lowest BCUT2D eigenvalue weighted by Crippen LogP contribution is -2.61. The van der Waals surface area contributed by atoms with Gasteiger partial charge in [-0.3, -0.25) is 9.59 Å². The van der Waals surface area contributed by atoms with E-state index in [1.165, 1.54) is 0 Å². The van der Waals surface area contributed by atoms with Gasteiger partial charge >= 0.3 is 0 Å². The van der Waals surface area contributed by atoms with E-state index in [0.717, 1.165) is 57.1 Å². The molecule has 1 amide bonds. The standard InChI is InChI=1S/C23H37N3O3.ClH/c1-14(27)25-20-13-16-17-4-5-21(28)23(17,3)9-7-18(16)22(2)8-6-15(12-19(20)22)26-29-11-10-24;/h16-20H,4-13,24H2,1-3H3,(H,25,27);1H/t16-,17-,18-,19?,20-,22+,23-;/m0./s1. The van der Waals surface area contributed by atoms with Crippen molar-refractivity contribution in [1.82, 2.24) is 5.32 Å². The highest BCUT2D eigenvalue weighted by atomic mass is 35.5. The molecule has 170 valence electrons. The van der Waals surface area contributed by atoms with Crippen molar-refractivity contribution >= 4 is 29.8 Å². The first-order valence-electron chi connectivity index (χ1n) is 11.5. The lowest BCUT2D eigenvalue weighted by atomic mass is 9.44. The smallest absolute Gasteiger partial charge is 0.217 e. The Morgan fingerprint density at radius 2 is 1.97 bits per heavy atom. The molecule has 4 fully saturated rings. The monoisotopic (exact) mass is 439 g/mol. The van der Waals surface area contributed by atoms with Gasteiger partial charge < -0.3 is 15.9 Å². The molecule has 0 heterocycles. The SMILES string of the molecule is CC(=O)N[C@H]1C[C@@H]2[C@H](CC[C@]3(C)C(=O)CC[C@@H]23)[C@@]2(C)CCC(=NOCCN)CC12.Cl. The van der Waals surface area contributed by atoms with Crippen molar-refractivity contribution in [3.63, 3.8) is 0 Å². The number of carbonyl (C=O) groups excluding carboxylic acids is 2. The van der Waals surface area contributed by atoms with Crippen molar-refractivity contribution in [2.45, 2.75) is 78.2 Å². The van der Waals surface area contributed by atoms with Gasteiger partial charge in [0.1, 0.15) is 12.4 Å². The molecule has 7 atom stereocenters.